The minimum absolute atomic E-state index is 0.765. The number of rotatable bonds is 3. The predicted octanol–water partition coefficient (Wildman–Crippen LogP) is 3.66. The Morgan fingerprint density at radius 1 is 1.04 bits per heavy atom. The van der Waals surface area contributed by atoms with Gasteiger partial charge in [0, 0.05) is 16.0 Å². The highest BCUT2D eigenvalue weighted by molar-refractivity contribution is 7.17. The Labute approximate surface area is 168 Å². The summed E-state index contributed by atoms with van der Waals surface area (Å²) in [6.45, 7) is 4.59. The van der Waals surface area contributed by atoms with E-state index >= 15 is 0 Å². The van der Waals surface area contributed by atoms with Gasteiger partial charge in [0.05, 0.1) is 37.6 Å². The average molecular weight is 400 g/mol. The maximum Gasteiger partial charge on any atom is 0.141 e. The molecular weight excluding hydrogens is 376 g/mol. The van der Waals surface area contributed by atoms with Crippen molar-refractivity contribution in [3.8, 4) is 11.1 Å². The second-order valence-electron chi connectivity index (χ2n) is 7.66. The van der Waals surface area contributed by atoms with Crippen LogP contribution < -0.4 is 9.80 Å². The van der Waals surface area contributed by atoms with Crippen LogP contribution in [-0.4, -0.2) is 42.2 Å². The molecule has 2 fully saturated rings. The number of nitrogens with zero attached hydrogens (tertiary/aromatic N) is 3. The Morgan fingerprint density at radius 2 is 1.78 bits per heavy atom. The van der Waals surface area contributed by atoms with Gasteiger partial charge in [-0.15, -0.1) is 11.3 Å². The van der Waals surface area contributed by atoms with Crippen LogP contribution in [0.25, 0.3) is 21.3 Å². The van der Waals surface area contributed by atoms with Gasteiger partial charge in [-0.05, 0) is 43.4 Å². The van der Waals surface area contributed by atoms with E-state index in [1.165, 1.54) is 55.3 Å². The third kappa shape index (κ3) is 3.33. The third-order valence-electron chi connectivity index (χ3n) is 6.14. The smallest absolute Gasteiger partial charge is 0.141 e. The van der Waals surface area contributed by atoms with E-state index in [2.05, 4.69) is 27.4 Å². The number of nitrogens with one attached hydrogen (secondary N) is 1. The molecule has 1 N–H and O–H groups in total. The fraction of sp³-hybridized carbons (Fsp3) is 0.429. The summed E-state index contributed by atoms with van der Waals surface area (Å²) >= 11 is 7.78. The number of hydrogen-bond acceptors (Lipinski definition) is 4. The second kappa shape index (κ2) is 7.38. The quantitative estimate of drug-likeness (QED) is 0.729. The lowest BCUT2D eigenvalue weighted by molar-refractivity contribution is -0.925. The van der Waals surface area contributed by atoms with E-state index in [4.69, 9.17) is 16.6 Å². The van der Waals surface area contributed by atoms with E-state index in [1.807, 2.05) is 12.1 Å². The highest BCUT2D eigenvalue weighted by Gasteiger charge is 2.30. The van der Waals surface area contributed by atoms with Crippen LogP contribution >= 0.6 is 22.9 Å². The van der Waals surface area contributed by atoms with E-state index < -0.39 is 0 Å². The molecule has 0 bridgehead atoms. The molecule has 0 spiro atoms. The fourth-order valence-electron chi connectivity index (χ4n) is 4.69. The molecule has 27 heavy (non-hydrogen) atoms. The summed E-state index contributed by atoms with van der Waals surface area (Å²) in [4.78, 5) is 14.6. The van der Waals surface area contributed by atoms with Crippen molar-refractivity contribution >= 4 is 39.0 Å². The monoisotopic (exact) mass is 399 g/mol. The molecule has 1 aliphatic heterocycles. The Balaban J connectivity index is 1.45. The van der Waals surface area contributed by atoms with Crippen molar-refractivity contribution in [3.05, 3.63) is 41.0 Å². The van der Waals surface area contributed by atoms with Gasteiger partial charge in [0.15, 0.2) is 0 Å². The van der Waals surface area contributed by atoms with Gasteiger partial charge in [-0.2, -0.15) is 0 Å². The maximum absolute atomic E-state index is 6.08. The molecule has 0 amide bonds. The van der Waals surface area contributed by atoms with Gasteiger partial charge in [-0.3, -0.25) is 0 Å². The SMILES string of the molecule is Clc1ccc(-c2csc3ncnc(N4CC[NH+](C5CCCC5)CC4)c23)cc1. The van der Waals surface area contributed by atoms with Crippen molar-refractivity contribution in [3.63, 3.8) is 0 Å². The predicted molar refractivity (Wildman–Crippen MR) is 113 cm³/mol. The van der Waals surface area contributed by atoms with Gasteiger partial charge in [-0.25, -0.2) is 9.97 Å². The third-order valence-corrected chi connectivity index (χ3v) is 7.28. The summed E-state index contributed by atoms with van der Waals surface area (Å²) in [5, 5.41) is 4.15. The first-order chi connectivity index (χ1) is 13.3. The maximum atomic E-state index is 6.08. The standard InChI is InChI=1S/C21H23ClN4S/c22-16-7-5-15(6-8-16)18-13-27-21-19(18)20(23-14-24-21)26-11-9-25(10-12-26)17-3-1-2-4-17/h5-8,13-14,17H,1-4,9-12H2/p+1. The van der Waals surface area contributed by atoms with E-state index in [9.17, 15) is 0 Å². The van der Waals surface area contributed by atoms with Crippen LogP contribution in [0.3, 0.4) is 0 Å². The van der Waals surface area contributed by atoms with E-state index in [0.29, 0.717) is 0 Å². The molecule has 2 aliphatic rings. The summed E-state index contributed by atoms with van der Waals surface area (Å²) < 4.78 is 0. The topological polar surface area (TPSA) is 33.5 Å². The van der Waals surface area contributed by atoms with Gasteiger partial charge in [-0.1, -0.05) is 23.7 Å². The molecule has 4 nitrogen and oxygen atoms in total. The normalized spacial score (nSPS) is 19.2. The minimum atomic E-state index is 0.765. The Kier molecular flexibility index (Phi) is 4.76. The summed E-state index contributed by atoms with van der Waals surface area (Å²) in [6, 6.07) is 8.97. The lowest BCUT2D eigenvalue weighted by atomic mass is 10.1. The minimum Gasteiger partial charge on any atom is -0.345 e. The number of quaternary nitrogens is 1. The number of piperazine rings is 1. The van der Waals surface area contributed by atoms with Crippen molar-refractivity contribution < 1.29 is 4.90 Å². The molecule has 0 unspecified atom stereocenters. The molecule has 0 radical (unpaired) electrons. The molecule has 140 valence electrons. The average Bonchev–Trinajstić information content (AvgIpc) is 3.39. The zero-order valence-corrected chi connectivity index (χ0v) is 16.9. The molecule has 1 aromatic carbocycles. The highest BCUT2D eigenvalue weighted by Crippen LogP contribution is 2.38. The van der Waals surface area contributed by atoms with Crippen LogP contribution in [0.2, 0.25) is 5.02 Å². The first-order valence-electron chi connectivity index (χ1n) is 9.87. The van der Waals surface area contributed by atoms with Crippen LogP contribution in [0, 0.1) is 0 Å². The number of halogens is 1. The lowest BCUT2D eigenvalue weighted by Gasteiger charge is -2.36. The largest absolute Gasteiger partial charge is 0.345 e. The number of anilines is 1. The molecule has 2 aromatic heterocycles. The second-order valence-corrected chi connectivity index (χ2v) is 8.95. The van der Waals surface area contributed by atoms with E-state index in [-0.39, 0.29) is 0 Å². The first kappa shape index (κ1) is 17.4. The Bertz CT molecular complexity index is 925. The van der Waals surface area contributed by atoms with Crippen molar-refractivity contribution in [2.45, 2.75) is 31.7 Å². The molecule has 6 heteroatoms. The lowest BCUT2D eigenvalue weighted by Crippen LogP contribution is -3.18. The van der Waals surface area contributed by atoms with Crippen LogP contribution in [0.4, 0.5) is 5.82 Å². The van der Waals surface area contributed by atoms with E-state index in [1.54, 1.807) is 22.6 Å². The molecule has 1 aliphatic carbocycles. The van der Waals surface area contributed by atoms with Crippen molar-refractivity contribution in [2.24, 2.45) is 0 Å². The molecule has 0 atom stereocenters. The summed E-state index contributed by atoms with van der Waals surface area (Å²) in [5.74, 6) is 1.09. The van der Waals surface area contributed by atoms with Crippen LogP contribution in [0.15, 0.2) is 36.0 Å². The van der Waals surface area contributed by atoms with Crippen molar-refractivity contribution in [2.75, 3.05) is 31.1 Å². The number of fused-ring (bicyclic) bond motifs is 1. The number of aromatic nitrogens is 2. The van der Waals surface area contributed by atoms with Gasteiger partial charge in [0.1, 0.15) is 17.0 Å². The number of hydrogen-bond donors (Lipinski definition) is 1. The molecule has 5 rings (SSSR count). The highest BCUT2D eigenvalue weighted by atomic mass is 35.5. The van der Waals surface area contributed by atoms with Crippen LogP contribution in [0.1, 0.15) is 25.7 Å². The van der Waals surface area contributed by atoms with Gasteiger partial charge >= 0.3 is 0 Å². The molecule has 3 heterocycles. The first-order valence-corrected chi connectivity index (χ1v) is 11.1. The summed E-state index contributed by atoms with van der Waals surface area (Å²) in [6.07, 6.45) is 7.39. The van der Waals surface area contributed by atoms with Gasteiger partial charge in [0.25, 0.3) is 0 Å². The summed E-state index contributed by atoms with van der Waals surface area (Å²) in [7, 11) is 0. The van der Waals surface area contributed by atoms with Gasteiger partial charge in [0.2, 0.25) is 0 Å². The fourth-order valence-corrected chi connectivity index (χ4v) is 5.73. The van der Waals surface area contributed by atoms with Crippen molar-refractivity contribution in [1.82, 2.24) is 9.97 Å². The molecular formula is C21H24ClN4S+. The zero-order valence-electron chi connectivity index (χ0n) is 15.3. The Morgan fingerprint density at radius 3 is 2.52 bits per heavy atom. The zero-order chi connectivity index (χ0) is 18.2. The molecule has 3 aromatic rings. The number of thiophene rings is 1. The van der Waals surface area contributed by atoms with E-state index in [0.717, 1.165) is 34.8 Å². The Hall–Kier alpha value is -1.69. The molecule has 1 saturated carbocycles. The van der Waals surface area contributed by atoms with Crippen LogP contribution in [0.5, 0.6) is 0 Å². The van der Waals surface area contributed by atoms with Crippen molar-refractivity contribution in [1.29, 1.82) is 0 Å². The summed E-state index contributed by atoms with van der Waals surface area (Å²) in [5.41, 5.74) is 2.39. The molecule has 1 saturated heterocycles. The van der Waals surface area contributed by atoms with Crippen LogP contribution in [-0.2, 0) is 0 Å². The van der Waals surface area contributed by atoms with Gasteiger partial charge < -0.3 is 9.80 Å². The number of benzene rings is 1.